The fraction of sp³-hybridized carbons (Fsp3) is 0.350. The van der Waals surface area contributed by atoms with Crippen LogP contribution < -0.4 is 9.72 Å². The summed E-state index contributed by atoms with van der Waals surface area (Å²) >= 11 is 0. The third kappa shape index (κ3) is 4.55. The molecule has 0 saturated heterocycles. The van der Waals surface area contributed by atoms with Crippen LogP contribution in [0.5, 0.6) is 5.75 Å². The third-order valence-electron chi connectivity index (χ3n) is 4.96. The molecule has 3 heterocycles. The minimum absolute atomic E-state index is 0.00291. The number of alkyl halides is 5. The van der Waals surface area contributed by atoms with Crippen molar-refractivity contribution in [3.8, 4) is 5.75 Å². The van der Waals surface area contributed by atoms with Crippen LogP contribution in [-0.2, 0) is 15.7 Å². The Kier molecular flexibility index (Phi) is 5.82. The monoisotopic (exact) mass is 457 g/mol. The minimum atomic E-state index is -4.58. The van der Waals surface area contributed by atoms with Crippen molar-refractivity contribution < 1.29 is 41.1 Å². The predicted octanol–water partition coefficient (Wildman–Crippen LogP) is 3.90. The van der Waals surface area contributed by atoms with Gasteiger partial charge in [0.25, 0.3) is 5.82 Å². The predicted molar refractivity (Wildman–Crippen MR) is 102 cm³/mol. The topological polar surface area (TPSA) is 82.9 Å². The van der Waals surface area contributed by atoms with Gasteiger partial charge in [-0.1, -0.05) is 23.2 Å². The highest BCUT2D eigenvalue weighted by molar-refractivity contribution is 5.87. The van der Waals surface area contributed by atoms with Gasteiger partial charge in [0, 0.05) is 12.7 Å². The van der Waals surface area contributed by atoms with Crippen LogP contribution >= 0.6 is 0 Å². The van der Waals surface area contributed by atoms with E-state index >= 15 is 0 Å². The van der Waals surface area contributed by atoms with Gasteiger partial charge in [0.05, 0.1) is 12.1 Å². The van der Waals surface area contributed by atoms with E-state index in [1.165, 1.54) is 12.5 Å². The molecule has 1 aliphatic heterocycles. The molecule has 0 bridgehead atoms. The second-order valence-electron chi connectivity index (χ2n) is 7.04. The van der Waals surface area contributed by atoms with Crippen molar-refractivity contribution in [3.05, 3.63) is 47.9 Å². The SMILES string of the molecule is COC(F)(F)COC1COc2ccccc2C1/C=N\c1[nH+]cnc2[nH]c(C(F)(F)F)cc12. The average molecular weight is 457 g/mol. The largest absolute Gasteiger partial charge is 0.491 e. The summed E-state index contributed by atoms with van der Waals surface area (Å²) in [6.07, 6.45) is -6.25. The van der Waals surface area contributed by atoms with Crippen molar-refractivity contribution in [2.75, 3.05) is 20.3 Å². The average Bonchev–Trinajstić information content (AvgIpc) is 3.22. The number of nitrogens with one attached hydrogen (secondary N) is 2. The Morgan fingerprint density at radius 1 is 1.28 bits per heavy atom. The van der Waals surface area contributed by atoms with Gasteiger partial charge in [0.1, 0.15) is 36.1 Å². The van der Waals surface area contributed by atoms with Crippen LogP contribution in [0.25, 0.3) is 11.0 Å². The van der Waals surface area contributed by atoms with E-state index in [-0.39, 0.29) is 23.5 Å². The summed E-state index contributed by atoms with van der Waals surface area (Å²) in [5, 5.41) is 0.125. The van der Waals surface area contributed by atoms with E-state index in [0.717, 1.165) is 13.2 Å². The van der Waals surface area contributed by atoms with E-state index in [2.05, 4.69) is 24.7 Å². The number of aliphatic imine (C=N–C) groups is 1. The van der Waals surface area contributed by atoms with Crippen LogP contribution in [0, 0.1) is 0 Å². The summed E-state index contributed by atoms with van der Waals surface area (Å²) in [6.45, 7) is -1.02. The summed E-state index contributed by atoms with van der Waals surface area (Å²) < 4.78 is 81.3. The fourth-order valence-electron chi connectivity index (χ4n) is 3.33. The van der Waals surface area contributed by atoms with Crippen LogP contribution in [0.4, 0.5) is 27.8 Å². The molecule has 1 aromatic carbocycles. The maximum Gasteiger partial charge on any atom is 0.431 e. The van der Waals surface area contributed by atoms with E-state index in [1.54, 1.807) is 24.3 Å². The fourth-order valence-corrected chi connectivity index (χ4v) is 3.33. The maximum absolute atomic E-state index is 13.5. The Morgan fingerprint density at radius 3 is 2.81 bits per heavy atom. The van der Waals surface area contributed by atoms with E-state index in [4.69, 9.17) is 9.47 Å². The van der Waals surface area contributed by atoms with Gasteiger partial charge in [0.15, 0.2) is 0 Å². The summed E-state index contributed by atoms with van der Waals surface area (Å²) in [5.41, 5.74) is -0.317. The van der Waals surface area contributed by atoms with Crippen LogP contribution in [0.1, 0.15) is 17.2 Å². The maximum atomic E-state index is 13.5. The molecule has 2 unspecified atom stereocenters. The van der Waals surface area contributed by atoms with E-state index in [9.17, 15) is 22.0 Å². The first-order chi connectivity index (χ1) is 15.2. The molecule has 2 N–H and O–H groups in total. The molecule has 170 valence electrons. The molecule has 3 aromatic rings. The van der Waals surface area contributed by atoms with Crippen molar-refractivity contribution in [3.63, 3.8) is 0 Å². The lowest BCUT2D eigenvalue weighted by Crippen LogP contribution is -2.38. The molecule has 12 heteroatoms. The Bertz CT molecular complexity index is 1130. The van der Waals surface area contributed by atoms with Crippen LogP contribution in [-0.4, -0.2) is 48.7 Å². The van der Waals surface area contributed by atoms with E-state index in [0.29, 0.717) is 11.3 Å². The number of para-hydroxylation sites is 1. The van der Waals surface area contributed by atoms with Gasteiger partial charge in [-0.25, -0.2) is 4.98 Å². The van der Waals surface area contributed by atoms with Crippen molar-refractivity contribution >= 4 is 23.1 Å². The molecule has 0 saturated carbocycles. The van der Waals surface area contributed by atoms with Crippen molar-refractivity contribution in [2.45, 2.75) is 24.3 Å². The number of hydrogen-bond acceptors (Lipinski definition) is 5. The lowest BCUT2D eigenvalue weighted by molar-refractivity contribution is -0.365. The molecular weight excluding hydrogens is 439 g/mol. The highest BCUT2D eigenvalue weighted by Gasteiger charge is 2.37. The number of ether oxygens (including phenoxy) is 3. The van der Waals surface area contributed by atoms with Crippen LogP contribution in [0.15, 0.2) is 41.7 Å². The molecule has 7 nitrogen and oxygen atoms in total. The van der Waals surface area contributed by atoms with Gasteiger partial charge in [-0.2, -0.15) is 22.0 Å². The van der Waals surface area contributed by atoms with Gasteiger partial charge in [-0.05, 0) is 12.1 Å². The molecule has 0 aliphatic carbocycles. The zero-order chi connectivity index (χ0) is 22.9. The molecule has 0 spiro atoms. The van der Waals surface area contributed by atoms with Crippen LogP contribution in [0.3, 0.4) is 0 Å². The van der Waals surface area contributed by atoms with Crippen molar-refractivity contribution in [1.82, 2.24) is 9.97 Å². The molecular formula is C20H18F5N4O3+. The summed E-state index contributed by atoms with van der Waals surface area (Å²) in [5.74, 6) is 0.0455. The second kappa shape index (κ2) is 8.43. The first-order valence-electron chi connectivity index (χ1n) is 9.45. The molecule has 2 aromatic heterocycles. The first-order valence-corrected chi connectivity index (χ1v) is 9.45. The Balaban J connectivity index is 1.67. The summed E-state index contributed by atoms with van der Waals surface area (Å²) in [6, 6.07) is 7.85. The number of methoxy groups -OCH3 is 1. The first kappa shape index (κ1) is 22.1. The zero-order valence-electron chi connectivity index (χ0n) is 16.6. The van der Waals surface area contributed by atoms with Gasteiger partial charge < -0.3 is 19.2 Å². The smallest absolute Gasteiger partial charge is 0.431 e. The molecule has 1 aliphatic rings. The summed E-state index contributed by atoms with van der Waals surface area (Å²) in [7, 11) is 0.867. The zero-order valence-corrected chi connectivity index (χ0v) is 16.6. The van der Waals surface area contributed by atoms with E-state index in [1.807, 2.05) is 0 Å². The number of rotatable bonds is 6. The van der Waals surface area contributed by atoms with Gasteiger partial charge in [-0.15, -0.1) is 4.99 Å². The minimum Gasteiger partial charge on any atom is -0.491 e. The number of H-pyrrole nitrogens is 2. The van der Waals surface area contributed by atoms with E-state index < -0.39 is 36.6 Å². The van der Waals surface area contributed by atoms with Crippen LogP contribution in [0.2, 0.25) is 0 Å². The molecule has 0 fully saturated rings. The Morgan fingerprint density at radius 2 is 2.06 bits per heavy atom. The highest BCUT2D eigenvalue weighted by Crippen LogP contribution is 2.36. The highest BCUT2D eigenvalue weighted by atomic mass is 19.4. The lowest BCUT2D eigenvalue weighted by Gasteiger charge is -2.31. The number of benzene rings is 1. The number of nitrogens with zero attached hydrogens (tertiary/aromatic N) is 2. The molecule has 0 amide bonds. The number of aromatic nitrogens is 3. The Hall–Kier alpha value is -3.12. The van der Waals surface area contributed by atoms with Gasteiger partial charge >= 0.3 is 12.3 Å². The number of fused-ring (bicyclic) bond motifs is 2. The normalized spacial score (nSPS) is 19.3. The molecule has 32 heavy (non-hydrogen) atoms. The number of aromatic amines is 2. The van der Waals surface area contributed by atoms with Crippen molar-refractivity contribution in [2.24, 2.45) is 4.99 Å². The quantitative estimate of drug-likeness (QED) is 0.450. The molecule has 2 atom stereocenters. The number of halogens is 5. The van der Waals surface area contributed by atoms with Crippen molar-refractivity contribution in [1.29, 1.82) is 0 Å². The Labute approximate surface area is 178 Å². The second-order valence-corrected chi connectivity index (χ2v) is 7.04. The van der Waals surface area contributed by atoms with Gasteiger partial charge in [0.2, 0.25) is 12.0 Å². The number of hydrogen-bond donors (Lipinski definition) is 1. The molecule has 0 radical (unpaired) electrons. The summed E-state index contributed by atoms with van der Waals surface area (Å²) in [4.78, 5) is 13.1. The third-order valence-corrected chi connectivity index (χ3v) is 4.96. The van der Waals surface area contributed by atoms with Gasteiger partial charge in [-0.3, -0.25) is 0 Å². The lowest BCUT2D eigenvalue weighted by atomic mass is 9.91. The molecule has 4 rings (SSSR count). The standard InChI is InChI=1S/C20H17F5N4O3/c1-30-19(21,22)9-32-15-8-31-14-5-3-2-4-11(14)13(15)7-26-17-12-6-16(20(23,24)25)29-18(12)28-10-27-17/h2-7,10,13,15H,8-9H2,1H3,(H,27,28,29)/p+1/b26-7-.